The monoisotopic (exact) mass is 321 g/mol. The zero-order valence-electron chi connectivity index (χ0n) is 13.3. The lowest BCUT2D eigenvalue weighted by Gasteiger charge is -2.11. The molecule has 1 aromatic heterocycles. The van der Waals surface area contributed by atoms with Crippen LogP contribution in [0.5, 0.6) is 5.75 Å². The standard InChI is InChI=1S/C18H15N3O3/c1-20(2)14-7-5-13(6-8-14)19-10-12-4-3-9-21(11-12)15-16(22)18(24)17(15)23/h3-11H,1-2H3. The fourth-order valence-electron chi connectivity index (χ4n) is 2.29. The van der Waals surface area contributed by atoms with Crippen molar-refractivity contribution in [2.75, 3.05) is 19.0 Å². The van der Waals surface area contributed by atoms with Crippen LogP contribution >= 0.6 is 0 Å². The van der Waals surface area contributed by atoms with Crippen molar-refractivity contribution in [1.29, 1.82) is 0 Å². The molecule has 0 aliphatic carbocycles. The van der Waals surface area contributed by atoms with Crippen LogP contribution in [-0.2, 0) is 0 Å². The Labute approximate surface area is 138 Å². The number of anilines is 1. The molecule has 6 heteroatoms. The van der Waals surface area contributed by atoms with Crippen LogP contribution in [0.2, 0.25) is 0 Å². The van der Waals surface area contributed by atoms with Crippen LogP contribution in [0.1, 0.15) is 5.56 Å². The maximum atomic E-state index is 11.5. The van der Waals surface area contributed by atoms with Crippen LogP contribution < -0.4 is 25.4 Å². The first-order valence-electron chi connectivity index (χ1n) is 7.31. The Morgan fingerprint density at radius 1 is 1.08 bits per heavy atom. The van der Waals surface area contributed by atoms with Gasteiger partial charge in [0.1, 0.15) is 0 Å². The molecule has 0 saturated carbocycles. The Bertz CT molecular complexity index is 982. The Morgan fingerprint density at radius 2 is 1.79 bits per heavy atom. The van der Waals surface area contributed by atoms with E-state index < -0.39 is 16.6 Å². The number of benzene rings is 1. The van der Waals surface area contributed by atoms with E-state index in [2.05, 4.69) is 4.99 Å². The fourth-order valence-corrected chi connectivity index (χ4v) is 2.29. The van der Waals surface area contributed by atoms with Gasteiger partial charge in [-0.25, -0.2) is 0 Å². The lowest BCUT2D eigenvalue weighted by molar-refractivity contribution is -0.602. The van der Waals surface area contributed by atoms with Gasteiger partial charge in [-0.3, -0.25) is 14.6 Å². The first-order chi connectivity index (χ1) is 11.5. The summed E-state index contributed by atoms with van der Waals surface area (Å²) >= 11 is 0. The van der Waals surface area contributed by atoms with Gasteiger partial charge in [-0.05, 0) is 30.3 Å². The van der Waals surface area contributed by atoms with Crippen molar-refractivity contribution < 1.29 is 9.67 Å². The minimum absolute atomic E-state index is 0.120. The Hall–Kier alpha value is -3.28. The van der Waals surface area contributed by atoms with E-state index in [1.165, 1.54) is 4.57 Å². The number of rotatable bonds is 4. The normalized spacial score (nSPS) is 11.2. The van der Waals surface area contributed by atoms with Gasteiger partial charge in [0.05, 0.1) is 11.3 Å². The molecule has 3 aromatic rings. The van der Waals surface area contributed by atoms with E-state index in [-0.39, 0.29) is 5.69 Å². The largest absolute Gasteiger partial charge is 0.865 e. The van der Waals surface area contributed by atoms with E-state index >= 15 is 0 Å². The highest BCUT2D eigenvalue weighted by Crippen LogP contribution is 2.17. The number of hydrogen-bond donors (Lipinski definition) is 0. The second-order valence-electron chi connectivity index (χ2n) is 5.55. The highest BCUT2D eigenvalue weighted by Gasteiger charge is 2.22. The molecule has 0 aliphatic rings. The topological polar surface area (TPSA) is 76.7 Å². The van der Waals surface area contributed by atoms with E-state index in [9.17, 15) is 14.7 Å². The maximum Gasteiger partial charge on any atom is 0.296 e. The van der Waals surface area contributed by atoms with Crippen LogP contribution in [0.25, 0.3) is 5.69 Å². The van der Waals surface area contributed by atoms with Gasteiger partial charge in [-0.2, -0.15) is 4.57 Å². The highest BCUT2D eigenvalue weighted by molar-refractivity contribution is 5.81. The van der Waals surface area contributed by atoms with Crippen molar-refractivity contribution in [3.63, 3.8) is 0 Å². The third kappa shape index (κ3) is 2.81. The van der Waals surface area contributed by atoms with E-state index in [0.29, 0.717) is 5.56 Å². The molecule has 0 aliphatic heterocycles. The summed E-state index contributed by atoms with van der Waals surface area (Å²) in [7, 11) is 3.93. The Kier molecular flexibility index (Phi) is 3.95. The number of aromatic nitrogens is 1. The molecule has 0 fully saturated rings. The number of aliphatic imine (C=N–C) groups is 1. The smallest absolute Gasteiger partial charge is 0.296 e. The SMILES string of the molecule is CN(C)c1ccc(N=Cc2ccc[n+](-c3c([O-])c(=O)c3=O)c2)cc1. The van der Waals surface area contributed by atoms with E-state index in [1.807, 2.05) is 43.3 Å². The first-order valence-corrected chi connectivity index (χ1v) is 7.31. The van der Waals surface area contributed by atoms with Crippen molar-refractivity contribution >= 4 is 17.6 Å². The lowest BCUT2D eigenvalue weighted by atomic mass is 10.2. The van der Waals surface area contributed by atoms with Crippen molar-refractivity contribution in [2.24, 2.45) is 4.99 Å². The number of hydrogen-bond acceptors (Lipinski definition) is 5. The second-order valence-corrected chi connectivity index (χ2v) is 5.55. The minimum atomic E-state index is -0.961. The lowest BCUT2D eigenvalue weighted by Crippen LogP contribution is -2.49. The second kappa shape index (κ2) is 6.08. The first kappa shape index (κ1) is 15.6. The zero-order chi connectivity index (χ0) is 17.3. The average molecular weight is 321 g/mol. The van der Waals surface area contributed by atoms with Crippen LogP contribution in [0.4, 0.5) is 11.4 Å². The predicted molar refractivity (Wildman–Crippen MR) is 90.4 cm³/mol. The molecular weight excluding hydrogens is 306 g/mol. The molecule has 0 amide bonds. The summed E-state index contributed by atoms with van der Waals surface area (Å²) in [4.78, 5) is 28.9. The summed E-state index contributed by atoms with van der Waals surface area (Å²) in [5.41, 5.74) is 0.743. The average Bonchev–Trinajstić information content (AvgIpc) is 2.60. The minimum Gasteiger partial charge on any atom is -0.865 e. The summed E-state index contributed by atoms with van der Waals surface area (Å²) in [5.74, 6) is -0.752. The van der Waals surface area contributed by atoms with Crippen molar-refractivity contribution in [2.45, 2.75) is 0 Å². The third-order valence-corrected chi connectivity index (χ3v) is 3.65. The molecule has 6 nitrogen and oxygen atoms in total. The Balaban J connectivity index is 1.85. The highest BCUT2D eigenvalue weighted by atomic mass is 16.3. The van der Waals surface area contributed by atoms with Crippen LogP contribution in [0.15, 0.2) is 63.4 Å². The molecule has 1 heterocycles. The van der Waals surface area contributed by atoms with Gasteiger partial charge >= 0.3 is 0 Å². The van der Waals surface area contributed by atoms with Gasteiger partial charge in [0, 0.05) is 37.8 Å². The van der Waals surface area contributed by atoms with E-state index in [1.54, 1.807) is 30.7 Å². The summed E-state index contributed by atoms with van der Waals surface area (Å²) < 4.78 is 1.36. The molecule has 2 aromatic carbocycles. The molecule has 0 bridgehead atoms. The molecule has 3 rings (SSSR count). The van der Waals surface area contributed by atoms with Gasteiger partial charge in [-0.1, -0.05) is 0 Å². The van der Waals surface area contributed by atoms with Crippen LogP contribution in [-0.4, -0.2) is 20.3 Å². The zero-order valence-corrected chi connectivity index (χ0v) is 13.3. The summed E-state index contributed by atoms with van der Waals surface area (Å²) in [6.45, 7) is 0. The fraction of sp³-hybridized carbons (Fsp3) is 0.111. The third-order valence-electron chi connectivity index (χ3n) is 3.65. The van der Waals surface area contributed by atoms with Crippen molar-refractivity contribution in [3.05, 3.63) is 74.8 Å². The van der Waals surface area contributed by atoms with Crippen LogP contribution in [0.3, 0.4) is 0 Å². The molecule has 0 spiro atoms. The van der Waals surface area contributed by atoms with Gasteiger partial charge in [0.15, 0.2) is 12.4 Å². The van der Waals surface area contributed by atoms with E-state index in [0.717, 1.165) is 11.4 Å². The van der Waals surface area contributed by atoms with Crippen molar-refractivity contribution in [3.8, 4) is 11.4 Å². The van der Waals surface area contributed by atoms with Gasteiger partial charge in [0.2, 0.25) is 5.43 Å². The number of pyridine rings is 1. The van der Waals surface area contributed by atoms with Crippen molar-refractivity contribution in [1.82, 2.24) is 0 Å². The van der Waals surface area contributed by atoms with Gasteiger partial charge < -0.3 is 10.0 Å². The molecule has 120 valence electrons. The van der Waals surface area contributed by atoms with E-state index in [4.69, 9.17) is 0 Å². The van der Waals surface area contributed by atoms with Gasteiger partial charge in [0.25, 0.3) is 11.1 Å². The summed E-state index contributed by atoms with van der Waals surface area (Å²) in [6, 6.07) is 11.2. The predicted octanol–water partition coefficient (Wildman–Crippen LogP) is 0.449. The Morgan fingerprint density at radius 3 is 2.42 bits per heavy atom. The molecule has 0 atom stereocenters. The summed E-state index contributed by atoms with van der Waals surface area (Å²) in [5, 5.41) is 11.5. The molecule has 0 unspecified atom stereocenters. The summed E-state index contributed by atoms with van der Waals surface area (Å²) in [6.07, 6.45) is 4.78. The molecule has 0 saturated heterocycles. The van der Waals surface area contributed by atoms with Gasteiger partial charge in [-0.15, -0.1) is 0 Å². The van der Waals surface area contributed by atoms with Crippen LogP contribution in [0, 0.1) is 0 Å². The molecular formula is C18H15N3O3. The quantitative estimate of drug-likeness (QED) is 0.397. The molecule has 0 N–H and O–H groups in total. The molecule has 24 heavy (non-hydrogen) atoms. The maximum absolute atomic E-state index is 11.5. The molecule has 0 radical (unpaired) electrons. The number of nitrogens with zero attached hydrogens (tertiary/aromatic N) is 3.